The zero-order chi connectivity index (χ0) is 14.4. The van der Waals surface area contributed by atoms with Crippen LogP contribution < -0.4 is 4.90 Å². The molecule has 0 aromatic carbocycles. The summed E-state index contributed by atoms with van der Waals surface area (Å²) in [6.07, 6.45) is 0.432. The van der Waals surface area contributed by atoms with Crippen molar-refractivity contribution in [3.8, 4) is 0 Å². The van der Waals surface area contributed by atoms with Crippen molar-refractivity contribution in [2.24, 2.45) is 0 Å². The van der Waals surface area contributed by atoms with Gasteiger partial charge in [-0.1, -0.05) is 0 Å². The fourth-order valence-corrected chi connectivity index (χ4v) is 2.80. The fourth-order valence-electron chi connectivity index (χ4n) is 2.80. The van der Waals surface area contributed by atoms with Gasteiger partial charge >= 0.3 is 0 Å². The third-order valence-corrected chi connectivity index (χ3v) is 3.85. The molecule has 1 aromatic heterocycles. The van der Waals surface area contributed by atoms with Crippen molar-refractivity contribution in [3.63, 3.8) is 0 Å². The predicted octanol–water partition coefficient (Wildman–Crippen LogP) is -0.812. The van der Waals surface area contributed by atoms with Gasteiger partial charge in [0.05, 0.1) is 25.7 Å². The molecule has 3 N–H and O–H groups in total. The molecule has 0 bridgehead atoms. The van der Waals surface area contributed by atoms with E-state index in [4.69, 9.17) is 15.3 Å². The number of aromatic nitrogens is 2. The number of ether oxygens (including phenoxy) is 1. The van der Waals surface area contributed by atoms with E-state index in [2.05, 4.69) is 4.98 Å². The van der Waals surface area contributed by atoms with Crippen LogP contribution in [-0.2, 0) is 4.74 Å². The largest absolute Gasteiger partial charge is 0.394 e. The van der Waals surface area contributed by atoms with Gasteiger partial charge in [0.15, 0.2) is 5.84 Å². The van der Waals surface area contributed by atoms with Gasteiger partial charge in [-0.25, -0.2) is 4.98 Å². The van der Waals surface area contributed by atoms with Crippen molar-refractivity contribution in [2.75, 3.05) is 32.3 Å². The Balaban J connectivity index is 1.94. The molecule has 2 aliphatic heterocycles. The first-order chi connectivity index (χ1) is 9.52. The van der Waals surface area contributed by atoms with Gasteiger partial charge in [0.2, 0.25) is 0 Å². The van der Waals surface area contributed by atoms with E-state index in [9.17, 15) is 5.11 Å². The summed E-state index contributed by atoms with van der Waals surface area (Å²) in [7, 11) is 3.77. The molecule has 3 heterocycles. The molecule has 110 valence electrons. The van der Waals surface area contributed by atoms with E-state index < -0.39 is 12.2 Å². The first kappa shape index (κ1) is 13.3. The van der Waals surface area contributed by atoms with Gasteiger partial charge in [-0.3, -0.25) is 9.98 Å². The monoisotopic (exact) mass is 281 g/mol. The van der Waals surface area contributed by atoms with E-state index in [0.29, 0.717) is 24.6 Å². The average molecular weight is 281 g/mol. The van der Waals surface area contributed by atoms with Crippen LogP contribution in [0.1, 0.15) is 18.3 Å². The van der Waals surface area contributed by atoms with Crippen LogP contribution in [0, 0.1) is 5.41 Å². The molecule has 2 aliphatic rings. The molecule has 1 fully saturated rings. The Morgan fingerprint density at radius 1 is 1.45 bits per heavy atom. The molecular formula is C12H19N5O3. The number of amidine groups is 1. The predicted molar refractivity (Wildman–Crippen MR) is 71.7 cm³/mol. The second kappa shape index (κ2) is 4.72. The highest BCUT2D eigenvalue weighted by Gasteiger charge is 2.37. The van der Waals surface area contributed by atoms with E-state index in [1.165, 1.54) is 0 Å². The molecule has 0 aliphatic carbocycles. The summed E-state index contributed by atoms with van der Waals surface area (Å²) in [5, 5.41) is 27.1. The van der Waals surface area contributed by atoms with Gasteiger partial charge in [0, 0.05) is 20.5 Å². The highest BCUT2D eigenvalue weighted by atomic mass is 16.5. The summed E-state index contributed by atoms with van der Waals surface area (Å²) in [5.41, 5.74) is 0.604. The summed E-state index contributed by atoms with van der Waals surface area (Å²) < 4.78 is 7.49. The summed E-state index contributed by atoms with van der Waals surface area (Å²) in [6.45, 7) is 0.388. The molecule has 0 spiro atoms. The Labute approximate surface area is 116 Å². The Bertz CT molecular complexity index is 531. The zero-order valence-electron chi connectivity index (χ0n) is 11.5. The molecule has 1 saturated heterocycles. The van der Waals surface area contributed by atoms with Crippen LogP contribution in [0.5, 0.6) is 0 Å². The van der Waals surface area contributed by atoms with E-state index in [1.54, 1.807) is 11.2 Å². The average Bonchev–Trinajstić information content (AvgIpc) is 2.99. The molecule has 0 amide bonds. The number of anilines is 1. The zero-order valence-corrected chi connectivity index (χ0v) is 11.5. The maximum absolute atomic E-state index is 9.84. The number of hydrogen-bond donors (Lipinski definition) is 3. The Hall–Kier alpha value is -1.64. The van der Waals surface area contributed by atoms with Gasteiger partial charge in [-0.15, -0.1) is 0 Å². The molecule has 0 saturated carbocycles. The molecule has 3 atom stereocenters. The number of nitrogens with zero attached hydrogens (tertiary/aromatic N) is 4. The van der Waals surface area contributed by atoms with Gasteiger partial charge < -0.3 is 24.7 Å². The quantitative estimate of drug-likeness (QED) is 0.656. The summed E-state index contributed by atoms with van der Waals surface area (Å²) in [4.78, 5) is 8.08. The highest BCUT2D eigenvalue weighted by molar-refractivity contribution is 6.00. The molecule has 0 radical (unpaired) electrons. The molecule has 8 heteroatoms. The Morgan fingerprint density at radius 3 is 2.85 bits per heavy atom. The van der Waals surface area contributed by atoms with Crippen molar-refractivity contribution in [1.29, 1.82) is 5.41 Å². The first-order valence-electron chi connectivity index (χ1n) is 6.55. The van der Waals surface area contributed by atoms with Crippen LogP contribution in [0.25, 0.3) is 0 Å². The van der Waals surface area contributed by atoms with Gasteiger partial charge in [0.1, 0.15) is 23.8 Å². The summed E-state index contributed by atoms with van der Waals surface area (Å²) in [6, 6.07) is 0. The van der Waals surface area contributed by atoms with Gasteiger partial charge in [-0.05, 0) is 0 Å². The number of aliphatic hydroxyl groups excluding tert-OH is 2. The van der Waals surface area contributed by atoms with E-state index >= 15 is 0 Å². The third kappa shape index (κ3) is 1.88. The lowest BCUT2D eigenvalue weighted by Gasteiger charge is -2.34. The van der Waals surface area contributed by atoms with Crippen molar-refractivity contribution in [3.05, 3.63) is 12.0 Å². The van der Waals surface area contributed by atoms with Crippen LogP contribution in [0.3, 0.4) is 0 Å². The second-order valence-electron chi connectivity index (χ2n) is 5.32. The van der Waals surface area contributed by atoms with Crippen LogP contribution in [0.15, 0.2) is 6.33 Å². The third-order valence-electron chi connectivity index (χ3n) is 3.85. The highest BCUT2D eigenvalue weighted by Crippen LogP contribution is 2.34. The van der Waals surface area contributed by atoms with Crippen LogP contribution in [0.2, 0.25) is 0 Å². The SMILES string of the molecule is CN1CN(C)c2c(ncn2[C@H]2C[C@H](O)[C@@H](CO)O2)C1=N. The number of fused-ring (bicyclic) bond motifs is 1. The number of nitrogens with one attached hydrogen (secondary N) is 1. The van der Waals surface area contributed by atoms with Gasteiger partial charge in [0.25, 0.3) is 0 Å². The summed E-state index contributed by atoms with van der Waals surface area (Å²) >= 11 is 0. The molecule has 3 rings (SSSR count). The number of hydrogen-bond acceptors (Lipinski definition) is 6. The lowest BCUT2D eigenvalue weighted by molar-refractivity contribution is -0.0439. The van der Waals surface area contributed by atoms with Crippen molar-refractivity contribution in [1.82, 2.24) is 14.5 Å². The lowest BCUT2D eigenvalue weighted by Crippen LogP contribution is -2.43. The number of imidazole rings is 1. The summed E-state index contributed by atoms with van der Waals surface area (Å²) in [5.74, 6) is 1.18. The lowest BCUT2D eigenvalue weighted by atomic mass is 10.2. The van der Waals surface area contributed by atoms with Crippen molar-refractivity contribution >= 4 is 11.7 Å². The van der Waals surface area contributed by atoms with E-state index in [0.717, 1.165) is 5.82 Å². The minimum Gasteiger partial charge on any atom is -0.394 e. The van der Waals surface area contributed by atoms with Crippen LogP contribution >= 0.6 is 0 Å². The van der Waals surface area contributed by atoms with Crippen LogP contribution in [-0.4, -0.2) is 70.1 Å². The second-order valence-corrected chi connectivity index (χ2v) is 5.32. The maximum atomic E-state index is 9.84. The Morgan fingerprint density at radius 2 is 2.20 bits per heavy atom. The minimum atomic E-state index is -0.681. The molecule has 20 heavy (non-hydrogen) atoms. The topological polar surface area (TPSA) is 97.8 Å². The fraction of sp³-hybridized carbons (Fsp3) is 0.667. The molecular weight excluding hydrogens is 262 g/mol. The van der Waals surface area contributed by atoms with Crippen LogP contribution in [0.4, 0.5) is 5.82 Å². The molecule has 8 nitrogen and oxygen atoms in total. The van der Waals surface area contributed by atoms with Crippen molar-refractivity contribution in [2.45, 2.75) is 24.9 Å². The minimum absolute atomic E-state index is 0.205. The molecule has 0 unspecified atom stereocenters. The van der Waals surface area contributed by atoms with Crippen molar-refractivity contribution < 1.29 is 14.9 Å². The maximum Gasteiger partial charge on any atom is 0.152 e. The normalized spacial score (nSPS) is 30.0. The smallest absolute Gasteiger partial charge is 0.152 e. The molecule has 1 aromatic rings. The Kier molecular flexibility index (Phi) is 3.15. The van der Waals surface area contributed by atoms with Gasteiger partial charge in [-0.2, -0.15) is 0 Å². The number of rotatable bonds is 2. The first-order valence-corrected chi connectivity index (χ1v) is 6.55. The standard InChI is InChI=1S/C12H19N5O3/c1-15-6-16(2)12-10(11(15)13)14-5-17(12)9-3-7(19)8(4-18)20-9/h5,7-9,13,18-19H,3-4,6H2,1-2H3/t7-,8+,9+/m0/s1. The van der Waals surface area contributed by atoms with E-state index in [1.807, 2.05) is 23.6 Å². The van der Waals surface area contributed by atoms with E-state index in [-0.39, 0.29) is 12.8 Å². The number of aliphatic hydroxyl groups is 2.